The molecule has 0 atom stereocenters. The second-order valence-electron chi connectivity index (χ2n) is 4.15. The maximum atomic E-state index is 10.5. The largest absolute Gasteiger partial charge is 0.370 e. The number of fused-ring (bicyclic) bond motifs is 1. The van der Waals surface area contributed by atoms with Crippen molar-refractivity contribution in [2.75, 3.05) is 6.54 Å². The van der Waals surface area contributed by atoms with E-state index in [2.05, 4.69) is 34.6 Å². The predicted octanol–water partition coefficient (Wildman–Crippen LogP) is 1.52. The van der Waals surface area contributed by atoms with Gasteiger partial charge in [0.1, 0.15) is 0 Å². The van der Waals surface area contributed by atoms with E-state index in [0.29, 0.717) is 6.42 Å². The van der Waals surface area contributed by atoms with Crippen molar-refractivity contribution < 1.29 is 4.79 Å². The zero-order valence-electron chi connectivity index (χ0n) is 9.70. The Balaban J connectivity index is 1.80. The molecule has 1 aromatic carbocycles. The summed E-state index contributed by atoms with van der Waals surface area (Å²) in [5, 5.41) is 4.52. The molecule has 0 radical (unpaired) electrons. The number of aromatic nitrogens is 1. The van der Waals surface area contributed by atoms with Crippen LogP contribution in [0.4, 0.5) is 0 Å². The standard InChI is InChI=1S/C13H17N3O/c14-13(17)2-1-6-15-9-10-3-4-12-11(8-10)5-7-16-12/h3-5,7-8,15-16H,1-2,6,9H2,(H2,14,17). The number of amides is 1. The van der Waals surface area contributed by atoms with Crippen LogP contribution in [-0.2, 0) is 11.3 Å². The van der Waals surface area contributed by atoms with E-state index in [9.17, 15) is 4.79 Å². The lowest BCUT2D eigenvalue weighted by atomic mass is 10.1. The summed E-state index contributed by atoms with van der Waals surface area (Å²) in [6.07, 6.45) is 3.18. The summed E-state index contributed by atoms with van der Waals surface area (Å²) in [4.78, 5) is 13.7. The number of aromatic amines is 1. The third-order valence-corrected chi connectivity index (χ3v) is 2.72. The van der Waals surface area contributed by atoms with Crippen LogP contribution in [-0.4, -0.2) is 17.4 Å². The zero-order valence-corrected chi connectivity index (χ0v) is 9.70. The Hall–Kier alpha value is -1.81. The second-order valence-corrected chi connectivity index (χ2v) is 4.15. The Morgan fingerprint density at radius 2 is 2.24 bits per heavy atom. The monoisotopic (exact) mass is 231 g/mol. The van der Waals surface area contributed by atoms with Crippen molar-refractivity contribution in [1.29, 1.82) is 0 Å². The number of primary amides is 1. The topological polar surface area (TPSA) is 70.9 Å². The van der Waals surface area contributed by atoms with Crippen molar-refractivity contribution in [2.45, 2.75) is 19.4 Å². The van der Waals surface area contributed by atoms with Gasteiger partial charge < -0.3 is 16.0 Å². The van der Waals surface area contributed by atoms with Crippen LogP contribution in [0.2, 0.25) is 0 Å². The van der Waals surface area contributed by atoms with E-state index in [1.54, 1.807) is 0 Å². The number of rotatable bonds is 6. The number of hydrogen-bond acceptors (Lipinski definition) is 2. The van der Waals surface area contributed by atoms with Crippen LogP contribution < -0.4 is 11.1 Å². The van der Waals surface area contributed by atoms with Gasteiger partial charge in [-0.2, -0.15) is 0 Å². The van der Waals surface area contributed by atoms with Gasteiger partial charge in [0.25, 0.3) is 0 Å². The zero-order chi connectivity index (χ0) is 12.1. The Bertz CT molecular complexity index is 504. The number of carbonyl (C=O) groups excluding carboxylic acids is 1. The molecule has 0 unspecified atom stereocenters. The summed E-state index contributed by atoms with van der Waals surface area (Å²) >= 11 is 0. The molecule has 2 rings (SSSR count). The van der Waals surface area contributed by atoms with Crippen LogP contribution in [0.25, 0.3) is 10.9 Å². The fourth-order valence-electron chi connectivity index (χ4n) is 1.83. The van der Waals surface area contributed by atoms with Crippen molar-refractivity contribution in [2.24, 2.45) is 5.73 Å². The van der Waals surface area contributed by atoms with Crippen LogP contribution in [0.15, 0.2) is 30.5 Å². The van der Waals surface area contributed by atoms with Gasteiger partial charge in [0.2, 0.25) is 5.91 Å². The number of H-pyrrole nitrogens is 1. The SMILES string of the molecule is NC(=O)CCCNCc1ccc2[nH]ccc2c1. The minimum absolute atomic E-state index is 0.236. The summed E-state index contributed by atoms with van der Waals surface area (Å²) in [6, 6.07) is 8.40. The van der Waals surface area contributed by atoms with Gasteiger partial charge >= 0.3 is 0 Å². The number of benzene rings is 1. The molecule has 4 nitrogen and oxygen atoms in total. The molecule has 1 aromatic heterocycles. The van der Waals surface area contributed by atoms with Crippen molar-refractivity contribution in [1.82, 2.24) is 10.3 Å². The highest BCUT2D eigenvalue weighted by Crippen LogP contribution is 2.13. The summed E-state index contributed by atoms with van der Waals surface area (Å²) in [7, 11) is 0. The molecule has 4 N–H and O–H groups in total. The maximum absolute atomic E-state index is 10.5. The van der Waals surface area contributed by atoms with Gasteiger partial charge in [-0.05, 0) is 42.1 Å². The first-order chi connectivity index (χ1) is 8.25. The Kier molecular flexibility index (Phi) is 3.77. The minimum atomic E-state index is -0.236. The van der Waals surface area contributed by atoms with E-state index in [1.165, 1.54) is 10.9 Å². The van der Waals surface area contributed by atoms with Crippen molar-refractivity contribution in [3.05, 3.63) is 36.0 Å². The Labute approximate surface area is 100 Å². The summed E-state index contributed by atoms with van der Waals surface area (Å²) in [5.74, 6) is -0.236. The van der Waals surface area contributed by atoms with E-state index in [-0.39, 0.29) is 5.91 Å². The minimum Gasteiger partial charge on any atom is -0.370 e. The summed E-state index contributed by atoms with van der Waals surface area (Å²) < 4.78 is 0. The lowest BCUT2D eigenvalue weighted by Crippen LogP contribution is -2.18. The average molecular weight is 231 g/mol. The highest BCUT2D eigenvalue weighted by Gasteiger charge is 1.98. The average Bonchev–Trinajstić information content (AvgIpc) is 2.75. The number of nitrogens with one attached hydrogen (secondary N) is 2. The molecule has 0 fully saturated rings. The lowest BCUT2D eigenvalue weighted by molar-refractivity contribution is -0.118. The van der Waals surface area contributed by atoms with E-state index in [1.807, 2.05) is 6.20 Å². The molecule has 1 amide bonds. The normalized spacial score (nSPS) is 10.8. The molecule has 0 spiro atoms. The molecule has 90 valence electrons. The summed E-state index contributed by atoms with van der Waals surface area (Å²) in [5.41, 5.74) is 7.47. The third-order valence-electron chi connectivity index (χ3n) is 2.72. The van der Waals surface area contributed by atoms with E-state index >= 15 is 0 Å². The van der Waals surface area contributed by atoms with Gasteiger partial charge in [-0.3, -0.25) is 4.79 Å². The summed E-state index contributed by atoms with van der Waals surface area (Å²) in [6.45, 7) is 1.63. The molecule has 0 aliphatic rings. The van der Waals surface area contributed by atoms with Gasteiger partial charge in [-0.25, -0.2) is 0 Å². The quantitative estimate of drug-likeness (QED) is 0.660. The van der Waals surface area contributed by atoms with Crippen LogP contribution >= 0.6 is 0 Å². The molecular weight excluding hydrogens is 214 g/mol. The molecule has 0 bridgehead atoms. The first-order valence-corrected chi connectivity index (χ1v) is 5.81. The van der Waals surface area contributed by atoms with Crippen LogP contribution in [0.1, 0.15) is 18.4 Å². The molecule has 1 heterocycles. The molecule has 2 aromatic rings. The molecule has 4 heteroatoms. The Morgan fingerprint density at radius 1 is 1.35 bits per heavy atom. The second kappa shape index (κ2) is 5.50. The van der Waals surface area contributed by atoms with Crippen LogP contribution in [0, 0.1) is 0 Å². The van der Waals surface area contributed by atoms with Gasteiger partial charge in [0.15, 0.2) is 0 Å². The highest BCUT2D eigenvalue weighted by molar-refractivity contribution is 5.79. The van der Waals surface area contributed by atoms with E-state index < -0.39 is 0 Å². The first kappa shape index (κ1) is 11.7. The third kappa shape index (κ3) is 3.32. The van der Waals surface area contributed by atoms with E-state index in [4.69, 9.17) is 5.73 Å². The molecule has 0 saturated carbocycles. The molecule has 0 saturated heterocycles. The maximum Gasteiger partial charge on any atom is 0.217 e. The molecule has 0 aliphatic carbocycles. The fourth-order valence-corrected chi connectivity index (χ4v) is 1.83. The van der Waals surface area contributed by atoms with Crippen molar-refractivity contribution in [3.8, 4) is 0 Å². The van der Waals surface area contributed by atoms with Gasteiger partial charge in [-0.15, -0.1) is 0 Å². The predicted molar refractivity (Wildman–Crippen MR) is 68.4 cm³/mol. The van der Waals surface area contributed by atoms with E-state index in [0.717, 1.165) is 25.0 Å². The van der Waals surface area contributed by atoms with Gasteiger partial charge in [0, 0.05) is 24.7 Å². The number of nitrogens with two attached hydrogens (primary N) is 1. The fraction of sp³-hybridized carbons (Fsp3) is 0.308. The van der Waals surface area contributed by atoms with Crippen LogP contribution in [0.5, 0.6) is 0 Å². The van der Waals surface area contributed by atoms with Crippen molar-refractivity contribution >= 4 is 16.8 Å². The van der Waals surface area contributed by atoms with Gasteiger partial charge in [0.05, 0.1) is 0 Å². The number of carbonyl (C=O) groups is 1. The highest BCUT2D eigenvalue weighted by atomic mass is 16.1. The van der Waals surface area contributed by atoms with Crippen LogP contribution in [0.3, 0.4) is 0 Å². The van der Waals surface area contributed by atoms with Crippen molar-refractivity contribution in [3.63, 3.8) is 0 Å². The number of hydrogen-bond donors (Lipinski definition) is 3. The Morgan fingerprint density at radius 3 is 3.06 bits per heavy atom. The molecule has 17 heavy (non-hydrogen) atoms. The molecular formula is C13H17N3O. The van der Waals surface area contributed by atoms with Gasteiger partial charge in [-0.1, -0.05) is 6.07 Å². The first-order valence-electron chi connectivity index (χ1n) is 5.81. The smallest absolute Gasteiger partial charge is 0.217 e. The lowest BCUT2D eigenvalue weighted by Gasteiger charge is -2.04. The molecule has 0 aliphatic heterocycles.